The predicted molar refractivity (Wildman–Crippen MR) is 71.3 cm³/mol. The summed E-state index contributed by atoms with van der Waals surface area (Å²) in [6, 6.07) is 0. The summed E-state index contributed by atoms with van der Waals surface area (Å²) < 4.78 is 20.8. The average Bonchev–Trinajstić information content (AvgIpc) is 2.41. The van der Waals surface area contributed by atoms with Crippen LogP contribution < -0.4 is 10.6 Å². The molecule has 0 aromatic carbocycles. The van der Waals surface area contributed by atoms with Gasteiger partial charge in [0, 0.05) is 26.2 Å². The first-order chi connectivity index (χ1) is 9.71. The highest BCUT2D eigenvalue weighted by Crippen LogP contribution is 2.01. The summed E-state index contributed by atoms with van der Waals surface area (Å²) in [4.78, 5) is 0. The molecule has 0 aromatic rings. The number of rotatable bonds is 0. The van der Waals surface area contributed by atoms with Gasteiger partial charge in [-0.25, -0.2) is 0 Å². The van der Waals surface area contributed by atoms with E-state index in [1.807, 2.05) is 0 Å². The molecule has 8 heteroatoms. The first kappa shape index (κ1) is 17.7. The van der Waals surface area contributed by atoms with Crippen LogP contribution in [-0.4, -0.2) is 88.6 Å². The molecule has 1 rings (SSSR count). The molecule has 0 amide bonds. The topological polar surface area (TPSA) is 101 Å². The highest BCUT2D eigenvalue weighted by atomic mass is 16.8. The zero-order valence-electron chi connectivity index (χ0n) is 11.8. The normalized spacial score (nSPS) is 25.5. The summed E-state index contributed by atoms with van der Waals surface area (Å²) in [6.45, 7) is 5.09. The Bertz CT molecular complexity index is 210. The maximum absolute atomic E-state index is 9.48. The van der Waals surface area contributed by atoms with E-state index in [1.54, 1.807) is 0 Å². The van der Waals surface area contributed by atoms with Crippen LogP contribution in [0, 0.1) is 0 Å². The van der Waals surface area contributed by atoms with Gasteiger partial charge in [0.1, 0.15) is 6.61 Å². The fourth-order valence-corrected chi connectivity index (χ4v) is 1.54. The average molecular weight is 294 g/mol. The molecule has 120 valence electrons. The quantitative estimate of drug-likeness (QED) is 0.376. The van der Waals surface area contributed by atoms with Crippen LogP contribution in [0.1, 0.15) is 0 Å². The molecule has 1 heterocycles. The van der Waals surface area contributed by atoms with Gasteiger partial charge in [-0.1, -0.05) is 0 Å². The minimum atomic E-state index is -2.24. The molecule has 1 fully saturated rings. The fraction of sp³-hybridized carbons (Fsp3) is 1.00. The van der Waals surface area contributed by atoms with E-state index in [2.05, 4.69) is 10.6 Å². The number of hydrogen-bond acceptors (Lipinski definition) is 8. The molecule has 0 atom stereocenters. The van der Waals surface area contributed by atoms with E-state index in [9.17, 15) is 10.2 Å². The maximum Gasteiger partial charge on any atom is 0.302 e. The molecule has 0 aromatic heterocycles. The standard InChI is InChI=1S/C12H26N2O6/c15-12(16)11-19-7-3-13-1-5-17-9-10-18-6-2-14-4-8-20-12/h13-16H,1-11H2. The Kier molecular flexibility index (Phi) is 10.1. The van der Waals surface area contributed by atoms with Crippen LogP contribution in [0.5, 0.6) is 0 Å². The van der Waals surface area contributed by atoms with Crippen LogP contribution in [0.2, 0.25) is 0 Å². The van der Waals surface area contributed by atoms with Gasteiger partial charge in [-0.3, -0.25) is 0 Å². The minimum Gasteiger partial charge on any atom is -0.378 e. The monoisotopic (exact) mass is 294 g/mol. The lowest BCUT2D eigenvalue weighted by atomic mass is 10.5. The summed E-state index contributed by atoms with van der Waals surface area (Å²) in [7, 11) is 0. The maximum atomic E-state index is 9.48. The third kappa shape index (κ3) is 10.5. The van der Waals surface area contributed by atoms with Crippen LogP contribution in [0.25, 0.3) is 0 Å². The molecule has 0 aliphatic carbocycles. The Morgan fingerprint density at radius 2 is 1.15 bits per heavy atom. The zero-order valence-corrected chi connectivity index (χ0v) is 11.8. The van der Waals surface area contributed by atoms with Crippen LogP contribution in [0.4, 0.5) is 0 Å². The van der Waals surface area contributed by atoms with E-state index < -0.39 is 5.97 Å². The molecule has 1 aliphatic rings. The molecular weight excluding hydrogens is 268 g/mol. The highest BCUT2D eigenvalue weighted by molar-refractivity contribution is 4.53. The molecule has 8 nitrogen and oxygen atoms in total. The van der Waals surface area contributed by atoms with Gasteiger partial charge >= 0.3 is 5.97 Å². The van der Waals surface area contributed by atoms with Gasteiger partial charge in [0.15, 0.2) is 0 Å². The van der Waals surface area contributed by atoms with E-state index in [0.29, 0.717) is 59.2 Å². The third-order valence-corrected chi connectivity index (χ3v) is 2.54. The Labute approximate surface area is 119 Å². The summed E-state index contributed by atoms with van der Waals surface area (Å²) in [5, 5.41) is 25.1. The Morgan fingerprint density at radius 1 is 0.650 bits per heavy atom. The lowest BCUT2D eigenvalue weighted by Crippen LogP contribution is -2.40. The van der Waals surface area contributed by atoms with Crippen LogP contribution in [0.3, 0.4) is 0 Å². The van der Waals surface area contributed by atoms with Crippen molar-refractivity contribution in [1.29, 1.82) is 0 Å². The third-order valence-electron chi connectivity index (χ3n) is 2.54. The summed E-state index contributed by atoms with van der Waals surface area (Å²) >= 11 is 0. The van der Waals surface area contributed by atoms with Crippen molar-refractivity contribution < 1.29 is 29.2 Å². The lowest BCUT2D eigenvalue weighted by Gasteiger charge is -2.22. The summed E-state index contributed by atoms with van der Waals surface area (Å²) in [5.41, 5.74) is 0. The van der Waals surface area contributed by atoms with Crippen molar-refractivity contribution in [3.05, 3.63) is 0 Å². The highest BCUT2D eigenvalue weighted by Gasteiger charge is 2.24. The first-order valence-corrected chi connectivity index (χ1v) is 6.94. The largest absolute Gasteiger partial charge is 0.378 e. The molecule has 0 saturated carbocycles. The molecule has 20 heavy (non-hydrogen) atoms. The van der Waals surface area contributed by atoms with Crippen LogP contribution in [0.15, 0.2) is 0 Å². The number of hydrogen-bond donors (Lipinski definition) is 4. The van der Waals surface area contributed by atoms with E-state index in [4.69, 9.17) is 18.9 Å². The first-order valence-electron chi connectivity index (χ1n) is 6.94. The summed E-state index contributed by atoms with van der Waals surface area (Å²) in [6.07, 6.45) is 0. The second-order valence-corrected chi connectivity index (χ2v) is 4.37. The summed E-state index contributed by atoms with van der Waals surface area (Å²) in [5.74, 6) is -2.24. The predicted octanol–water partition coefficient (Wildman–Crippen LogP) is -2.12. The van der Waals surface area contributed by atoms with E-state index in [0.717, 1.165) is 0 Å². The Morgan fingerprint density at radius 3 is 1.75 bits per heavy atom. The Hall–Kier alpha value is -0.320. The van der Waals surface area contributed by atoms with Gasteiger partial charge < -0.3 is 39.8 Å². The molecule has 0 spiro atoms. The molecule has 1 saturated heterocycles. The molecule has 1 aliphatic heterocycles. The van der Waals surface area contributed by atoms with Gasteiger partial charge in [-0.2, -0.15) is 0 Å². The van der Waals surface area contributed by atoms with Crippen molar-refractivity contribution in [1.82, 2.24) is 10.6 Å². The van der Waals surface area contributed by atoms with Crippen molar-refractivity contribution in [2.45, 2.75) is 5.97 Å². The number of ether oxygens (including phenoxy) is 4. The van der Waals surface area contributed by atoms with Gasteiger partial charge in [0.2, 0.25) is 0 Å². The van der Waals surface area contributed by atoms with Gasteiger partial charge in [0.05, 0.1) is 39.6 Å². The van der Waals surface area contributed by atoms with Crippen molar-refractivity contribution in [3.63, 3.8) is 0 Å². The van der Waals surface area contributed by atoms with Crippen molar-refractivity contribution in [2.24, 2.45) is 0 Å². The van der Waals surface area contributed by atoms with E-state index in [-0.39, 0.29) is 13.2 Å². The fourth-order valence-electron chi connectivity index (χ4n) is 1.54. The van der Waals surface area contributed by atoms with Gasteiger partial charge in [0.25, 0.3) is 0 Å². The molecule has 0 radical (unpaired) electrons. The molecule has 4 N–H and O–H groups in total. The van der Waals surface area contributed by atoms with E-state index >= 15 is 0 Å². The van der Waals surface area contributed by atoms with Crippen LogP contribution in [-0.2, 0) is 18.9 Å². The lowest BCUT2D eigenvalue weighted by molar-refractivity contribution is -0.354. The van der Waals surface area contributed by atoms with Crippen molar-refractivity contribution >= 4 is 0 Å². The second-order valence-electron chi connectivity index (χ2n) is 4.37. The SMILES string of the molecule is OC1(O)COCCNCCOCCOCCNCCO1. The zero-order chi connectivity index (χ0) is 14.5. The minimum absolute atomic E-state index is 0.178. The smallest absolute Gasteiger partial charge is 0.302 e. The molecule has 0 bridgehead atoms. The molecule has 0 unspecified atom stereocenters. The van der Waals surface area contributed by atoms with Gasteiger partial charge in [-0.05, 0) is 0 Å². The van der Waals surface area contributed by atoms with E-state index in [1.165, 1.54) is 0 Å². The van der Waals surface area contributed by atoms with Crippen molar-refractivity contribution in [3.8, 4) is 0 Å². The number of nitrogens with one attached hydrogen (secondary N) is 2. The Balaban J connectivity index is 2.18. The van der Waals surface area contributed by atoms with Crippen LogP contribution >= 0.6 is 0 Å². The number of aliphatic hydroxyl groups is 2. The van der Waals surface area contributed by atoms with Crippen molar-refractivity contribution in [2.75, 3.05) is 72.4 Å². The molecular formula is C12H26N2O6. The van der Waals surface area contributed by atoms with Gasteiger partial charge in [-0.15, -0.1) is 0 Å². The second kappa shape index (κ2) is 11.4.